The molecule has 8 nitrogen and oxygen atoms in total. The van der Waals surface area contributed by atoms with E-state index in [0.29, 0.717) is 38.6 Å². The number of nitrogens with one attached hydrogen (secondary N) is 1. The van der Waals surface area contributed by atoms with Crippen molar-refractivity contribution in [2.45, 2.75) is 39.4 Å². The Bertz CT molecular complexity index is 1050. The molecular weight excluding hydrogens is 418 g/mol. The van der Waals surface area contributed by atoms with Crippen LogP contribution >= 0.6 is 0 Å². The highest BCUT2D eigenvalue weighted by Crippen LogP contribution is 2.15. The molecule has 0 aliphatic carbocycles. The fourth-order valence-electron chi connectivity index (χ4n) is 4.10. The summed E-state index contributed by atoms with van der Waals surface area (Å²) in [5, 5.41) is 0. The number of nitrogens with zero attached hydrogens (tertiary/aromatic N) is 4. The van der Waals surface area contributed by atoms with E-state index in [0.717, 1.165) is 22.4 Å². The number of rotatable bonds is 8. The van der Waals surface area contributed by atoms with Gasteiger partial charge in [0, 0.05) is 44.9 Å². The maximum Gasteiger partial charge on any atom is 0.242 e. The van der Waals surface area contributed by atoms with Crippen molar-refractivity contribution in [2.75, 3.05) is 26.2 Å². The summed E-state index contributed by atoms with van der Waals surface area (Å²) in [6.07, 6.45) is 4.01. The summed E-state index contributed by atoms with van der Waals surface area (Å²) >= 11 is 0. The van der Waals surface area contributed by atoms with Gasteiger partial charge in [0.25, 0.3) is 0 Å². The number of imidazole rings is 1. The lowest BCUT2D eigenvalue weighted by Crippen LogP contribution is -2.40. The molecule has 1 N–H and O–H groups in total. The van der Waals surface area contributed by atoms with Gasteiger partial charge in [-0.25, -0.2) is 4.98 Å². The Morgan fingerprint density at radius 1 is 1.21 bits per heavy atom. The van der Waals surface area contributed by atoms with E-state index in [1.807, 2.05) is 41.3 Å². The van der Waals surface area contributed by atoms with Crippen molar-refractivity contribution in [1.82, 2.24) is 24.8 Å². The number of hydrogen-bond donors (Lipinski definition) is 1. The summed E-state index contributed by atoms with van der Waals surface area (Å²) in [4.78, 5) is 41.4. The quantitative estimate of drug-likeness (QED) is 0.571. The van der Waals surface area contributed by atoms with Crippen LogP contribution in [0.1, 0.15) is 31.7 Å². The minimum atomic E-state index is -0.259. The van der Waals surface area contributed by atoms with Gasteiger partial charge in [-0.3, -0.25) is 14.6 Å². The van der Waals surface area contributed by atoms with Crippen molar-refractivity contribution in [2.24, 2.45) is 5.92 Å². The summed E-state index contributed by atoms with van der Waals surface area (Å²) in [6, 6.07) is 11.6. The van der Waals surface area contributed by atoms with Crippen molar-refractivity contribution in [3.8, 4) is 0 Å². The molecule has 1 atom stereocenters. The zero-order valence-corrected chi connectivity index (χ0v) is 19.2. The minimum Gasteiger partial charge on any atom is -0.370 e. The third-order valence-electron chi connectivity index (χ3n) is 5.69. The van der Waals surface area contributed by atoms with Crippen molar-refractivity contribution in [3.05, 3.63) is 60.2 Å². The zero-order valence-electron chi connectivity index (χ0n) is 19.2. The summed E-state index contributed by atoms with van der Waals surface area (Å²) in [6.45, 7) is 6.15. The Morgan fingerprint density at radius 2 is 2.06 bits per heavy atom. The lowest BCUT2D eigenvalue weighted by Gasteiger charge is -2.26. The Balaban J connectivity index is 1.42. The molecule has 0 spiro atoms. The number of ether oxygens (including phenoxy) is 1. The van der Waals surface area contributed by atoms with Crippen LogP contribution in [0.5, 0.6) is 0 Å². The highest BCUT2D eigenvalue weighted by atomic mass is 16.5. The van der Waals surface area contributed by atoms with E-state index in [9.17, 15) is 9.59 Å². The molecule has 0 bridgehead atoms. The van der Waals surface area contributed by atoms with Gasteiger partial charge in [-0.05, 0) is 29.7 Å². The Kier molecular flexibility index (Phi) is 7.34. The van der Waals surface area contributed by atoms with Crippen molar-refractivity contribution in [1.29, 1.82) is 0 Å². The van der Waals surface area contributed by atoms with Crippen LogP contribution in [0, 0.1) is 5.92 Å². The van der Waals surface area contributed by atoms with Crippen LogP contribution in [0.2, 0.25) is 0 Å². The summed E-state index contributed by atoms with van der Waals surface area (Å²) in [5.41, 5.74) is 2.81. The highest BCUT2D eigenvalue weighted by Gasteiger charge is 2.31. The van der Waals surface area contributed by atoms with Crippen LogP contribution in [0.15, 0.2) is 48.8 Å². The topological polar surface area (TPSA) is 91.4 Å². The molecule has 1 aliphatic rings. The van der Waals surface area contributed by atoms with Crippen molar-refractivity contribution in [3.63, 3.8) is 0 Å². The second-order valence-electron chi connectivity index (χ2n) is 8.96. The number of carbonyl (C=O) groups is 2. The number of amides is 2. The van der Waals surface area contributed by atoms with Gasteiger partial charge in [0.05, 0.1) is 30.3 Å². The molecule has 33 heavy (non-hydrogen) atoms. The van der Waals surface area contributed by atoms with Gasteiger partial charge >= 0.3 is 0 Å². The molecule has 3 heterocycles. The molecule has 4 rings (SSSR count). The molecule has 1 fully saturated rings. The van der Waals surface area contributed by atoms with Gasteiger partial charge in [0.15, 0.2) is 0 Å². The third-order valence-corrected chi connectivity index (χ3v) is 5.69. The molecule has 0 saturated carbocycles. The van der Waals surface area contributed by atoms with E-state index < -0.39 is 0 Å². The van der Waals surface area contributed by atoms with E-state index >= 15 is 0 Å². The maximum atomic E-state index is 13.1. The van der Waals surface area contributed by atoms with Crippen LogP contribution < -0.4 is 0 Å². The summed E-state index contributed by atoms with van der Waals surface area (Å²) in [7, 11) is 0. The second kappa shape index (κ2) is 10.6. The van der Waals surface area contributed by atoms with Crippen molar-refractivity contribution < 1.29 is 14.3 Å². The second-order valence-corrected chi connectivity index (χ2v) is 8.96. The standard InChI is InChI=1S/C25H31N5O3/c1-18(2)13-29-14-20(33-17-19-6-5-11-26-12-19)15-30(16-25(29)32)24(31)10-9-23-27-21-7-3-4-8-22(21)28-23/h3-8,11-12,18,20H,9-10,13-17H2,1-2H3,(H,27,28)/t20-/m0/s1. The molecule has 0 unspecified atom stereocenters. The van der Waals surface area contributed by atoms with E-state index in [1.165, 1.54) is 0 Å². The fraction of sp³-hybridized carbons (Fsp3) is 0.440. The maximum absolute atomic E-state index is 13.1. The number of carbonyl (C=O) groups excluding carboxylic acids is 2. The van der Waals surface area contributed by atoms with Crippen LogP contribution in [0.4, 0.5) is 0 Å². The monoisotopic (exact) mass is 449 g/mol. The number of hydrogen-bond acceptors (Lipinski definition) is 5. The van der Waals surface area contributed by atoms with E-state index in [2.05, 4.69) is 28.8 Å². The number of para-hydroxylation sites is 2. The van der Waals surface area contributed by atoms with Gasteiger partial charge in [0.2, 0.25) is 11.8 Å². The summed E-state index contributed by atoms with van der Waals surface area (Å²) in [5.74, 6) is 1.01. The number of benzene rings is 1. The molecule has 174 valence electrons. The first-order chi connectivity index (χ1) is 16.0. The van der Waals surface area contributed by atoms with Gasteiger partial charge < -0.3 is 19.5 Å². The van der Waals surface area contributed by atoms with Gasteiger partial charge in [-0.15, -0.1) is 0 Å². The SMILES string of the molecule is CC(C)CN1C[C@H](OCc2cccnc2)CN(C(=O)CCc2nc3ccccc3[nH]2)CC1=O. The Morgan fingerprint density at radius 3 is 2.82 bits per heavy atom. The molecule has 1 saturated heterocycles. The largest absolute Gasteiger partial charge is 0.370 e. The first-order valence-electron chi connectivity index (χ1n) is 11.5. The molecule has 8 heteroatoms. The number of pyridine rings is 1. The highest BCUT2D eigenvalue weighted by molar-refractivity contribution is 5.85. The summed E-state index contributed by atoms with van der Waals surface area (Å²) < 4.78 is 6.15. The smallest absolute Gasteiger partial charge is 0.242 e. The average molecular weight is 450 g/mol. The fourth-order valence-corrected chi connectivity index (χ4v) is 4.10. The van der Waals surface area contributed by atoms with Crippen LogP contribution in [-0.4, -0.2) is 68.8 Å². The Labute approximate surface area is 194 Å². The van der Waals surface area contributed by atoms with Crippen LogP contribution in [-0.2, 0) is 27.4 Å². The predicted molar refractivity (Wildman–Crippen MR) is 125 cm³/mol. The number of aromatic nitrogens is 3. The van der Waals surface area contributed by atoms with E-state index in [1.54, 1.807) is 17.3 Å². The third kappa shape index (κ3) is 6.16. The molecule has 1 aromatic carbocycles. The number of aryl methyl sites for hydroxylation is 1. The first-order valence-corrected chi connectivity index (χ1v) is 11.5. The number of aromatic amines is 1. The lowest BCUT2D eigenvalue weighted by atomic mass is 10.2. The van der Waals surface area contributed by atoms with E-state index in [-0.39, 0.29) is 30.9 Å². The number of H-pyrrole nitrogens is 1. The Hall–Kier alpha value is -3.26. The molecular formula is C25H31N5O3. The predicted octanol–water partition coefficient (Wildman–Crippen LogP) is 2.80. The molecule has 2 aromatic heterocycles. The first kappa shape index (κ1) is 22.9. The van der Waals surface area contributed by atoms with Crippen molar-refractivity contribution >= 4 is 22.8 Å². The lowest BCUT2D eigenvalue weighted by molar-refractivity contribution is -0.139. The van der Waals surface area contributed by atoms with Gasteiger partial charge in [0.1, 0.15) is 5.82 Å². The van der Waals surface area contributed by atoms with Crippen LogP contribution in [0.25, 0.3) is 11.0 Å². The van der Waals surface area contributed by atoms with E-state index in [4.69, 9.17) is 4.74 Å². The minimum absolute atomic E-state index is 0.0340. The average Bonchev–Trinajstić information content (AvgIpc) is 3.16. The van der Waals surface area contributed by atoms with Gasteiger partial charge in [-0.2, -0.15) is 0 Å². The normalized spacial score (nSPS) is 17.1. The van der Waals surface area contributed by atoms with Crippen LogP contribution in [0.3, 0.4) is 0 Å². The molecule has 2 amide bonds. The molecule has 1 aliphatic heterocycles. The zero-order chi connectivity index (χ0) is 23.2. The molecule has 3 aromatic rings. The number of fused-ring (bicyclic) bond motifs is 1. The molecule has 0 radical (unpaired) electrons. The van der Waals surface area contributed by atoms with Gasteiger partial charge in [-0.1, -0.05) is 32.0 Å².